The van der Waals surface area contributed by atoms with E-state index in [-0.39, 0.29) is 39.7 Å². The maximum absolute atomic E-state index is 2.97. The Morgan fingerprint density at radius 1 is 0.611 bits per heavy atom. The summed E-state index contributed by atoms with van der Waals surface area (Å²) in [4.78, 5) is 0. The van der Waals surface area contributed by atoms with Crippen LogP contribution in [0, 0.1) is 42.5 Å². The summed E-state index contributed by atoms with van der Waals surface area (Å²) in [5.41, 5.74) is 8.61. The van der Waals surface area contributed by atoms with Crippen LogP contribution in [0.3, 0.4) is 0 Å². The third-order valence-corrected chi connectivity index (χ3v) is 6.40. The Hall–Kier alpha value is -0.829. The molecule has 0 aromatic heterocycles. The van der Waals surface area contributed by atoms with Gasteiger partial charge in [-0.2, -0.15) is 12.1 Å². The summed E-state index contributed by atoms with van der Waals surface area (Å²) in [5, 5.41) is 5.78. The number of benzene rings is 2. The van der Waals surface area contributed by atoms with Crippen molar-refractivity contribution in [3.8, 4) is 0 Å². The fraction of sp³-hybridized carbons (Fsp3) is 0.375. The number of unbranched alkanes of at least 4 members (excludes halogenated alkanes) is 2. The molecular weight excluding hydrogens is 531 g/mol. The summed E-state index contributed by atoms with van der Waals surface area (Å²) in [6.07, 6.45) is 7.61. The Balaban J connectivity index is -0.000000513. The van der Waals surface area contributed by atoms with Gasteiger partial charge in [-0.15, -0.1) is 92.9 Å². The van der Waals surface area contributed by atoms with E-state index in [2.05, 4.69) is 97.7 Å². The second-order valence-electron chi connectivity index (χ2n) is 8.99. The first-order valence-corrected chi connectivity index (χ1v) is 14.8. The van der Waals surface area contributed by atoms with Crippen molar-refractivity contribution in [1.29, 1.82) is 0 Å². The first-order chi connectivity index (χ1) is 15.4. The Kier molecular flexibility index (Phi) is 22.2. The predicted octanol–water partition coefficient (Wildman–Crippen LogP) is 10.4. The normalized spacial score (nSPS) is 9.36. The average molecular weight is 578 g/mol. The van der Waals surface area contributed by atoms with Gasteiger partial charge in [-0.25, -0.2) is 0 Å². The molecule has 4 aromatic carbocycles. The molecule has 0 aliphatic heterocycles. The number of hydrogen-bond acceptors (Lipinski definition) is 0. The molecule has 4 rings (SSSR count). The van der Waals surface area contributed by atoms with E-state index >= 15 is 0 Å². The monoisotopic (exact) mass is 576 g/mol. The van der Waals surface area contributed by atoms with E-state index in [0.29, 0.717) is 0 Å². The number of aryl methyl sites for hydroxylation is 6. The summed E-state index contributed by atoms with van der Waals surface area (Å²) in [7, 11) is 2.97. The van der Waals surface area contributed by atoms with Crippen molar-refractivity contribution in [2.45, 2.75) is 80.1 Å². The van der Waals surface area contributed by atoms with Crippen molar-refractivity contribution >= 4 is 54.0 Å². The molecule has 0 heterocycles. The van der Waals surface area contributed by atoms with Crippen LogP contribution < -0.4 is 0 Å². The predicted molar refractivity (Wildman–Crippen MR) is 168 cm³/mol. The Morgan fingerprint density at radius 2 is 0.917 bits per heavy atom. The average Bonchev–Trinajstić information content (AvgIpc) is 3.44. The van der Waals surface area contributed by atoms with E-state index in [1.807, 2.05) is 0 Å². The molecule has 0 aliphatic rings. The van der Waals surface area contributed by atoms with Crippen LogP contribution in [0.15, 0.2) is 48.5 Å². The molecule has 0 spiro atoms. The summed E-state index contributed by atoms with van der Waals surface area (Å²) < 4.78 is 0. The molecule has 4 heteroatoms. The van der Waals surface area contributed by atoms with Crippen LogP contribution in [0.4, 0.5) is 0 Å². The van der Waals surface area contributed by atoms with Gasteiger partial charge in [-0.05, 0) is 26.7 Å². The van der Waals surface area contributed by atoms with Crippen LogP contribution >= 0.6 is 24.8 Å². The van der Waals surface area contributed by atoms with E-state index in [0.717, 1.165) is 0 Å². The van der Waals surface area contributed by atoms with Crippen molar-refractivity contribution in [2.75, 3.05) is 0 Å². The Labute approximate surface area is 248 Å². The molecule has 0 N–H and O–H groups in total. The molecule has 0 aliphatic carbocycles. The van der Waals surface area contributed by atoms with Crippen LogP contribution in [0.2, 0.25) is 0 Å². The number of fused-ring (bicyclic) bond motifs is 2. The molecule has 0 saturated carbocycles. The van der Waals surface area contributed by atoms with E-state index in [4.69, 9.17) is 0 Å². The second kappa shape index (κ2) is 20.2. The third-order valence-electron chi connectivity index (χ3n) is 6.40. The van der Waals surface area contributed by atoms with Gasteiger partial charge in [0.1, 0.15) is 0 Å². The molecule has 4 aromatic rings. The summed E-state index contributed by atoms with van der Waals surface area (Å²) in [6, 6.07) is 18.4. The molecule has 0 bridgehead atoms. The third kappa shape index (κ3) is 10.5. The molecular formula is C32H46Cl2SiTi-4. The molecule has 0 atom stereocenters. The zero-order valence-corrected chi connectivity index (χ0v) is 27.9. The van der Waals surface area contributed by atoms with Gasteiger partial charge in [0, 0.05) is 0 Å². The second-order valence-corrected chi connectivity index (χ2v) is 8.99. The van der Waals surface area contributed by atoms with Gasteiger partial charge in [0.25, 0.3) is 0 Å². The summed E-state index contributed by atoms with van der Waals surface area (Å²) in [6.45, 7) is 13.3. The molecule has 0 amide bonds. The number of rotatable bonds is 6. The van der Waals surface area contributed by atoms with E-state index in [1.165, 1.54) is 93.5 Å². The summed E-state index contributed by atoms with van der Waals surface area (Å²) >= 11 is 1.81. The quantitative estimate of drug-likeness (QED) is 0.158. The minimum atomic E-state index is 0. The molecule has 200 valence electrons. The Morgan fingerprint density at radius 3 is 1.19 bits per heavy atom. The topological polar surface area (TPSA) is 0 Å². The molecule has 0 unspecified atom stereocenters. The fourth-order valence-corrected chi connectivity index (χ4v) is 4.35. The van der Waals surface area contributed by atoms with Crippen molar-refractivity contribution in [1.82, 2.24) is 0 Å². The van der Waals surface area contributed by atoms with Gasteiger partial charge in [0.05, 0.1) is 0 Å². The maximum atomic E-state index is 2.97. The SMILES string of the molecule is CCCCc1cc2c(C)ccc(C)c2[cH-]1.CCCCc1cc2c(C)ccc(C)c2[cH-]1.Cl.Cl.[CH3-].[CH3-].[Si]=[Ti]. The first kappa shape index (κ1) is 39.7. The molecule has 0 saturated heterocycles. The zero-order chi connectivity index (χ0) is 23.7. The minimum absolute atomic E-state index is 0. The van der Waals surface area contributed by atoms with Crippen LogP contribution in [0.25, 0.3) is 21.5 Å². The number of halogens is 2. The van der Waals surface area contributed by atoms with Crippen molar-refractivity contribution in [2.24, 2.45) is 0 Å². The van der Waals surface area contributed by atoms with E-state index < -0.39 is 0 Å². The first-order valence-electron chi connectivity index (χ1n) is 12.0. The molecule has 0 nitrogen and oxygen atoms in total. The van der Waals surface area contributed by atoms with Crippen molar-refractivity contribution in [3.05, 3.63) is 96.8 Å². The number of hydrogen-bond donors (Lipinski definition) is 0. The molecule has 2 radical (unpaired) electrons. The van der Waals surface area contributed by atoms with Gasteiger partial charge < -0.3 is 14.9 Å². The Bertz CT molecular complexity index is 972. The zero-order valence-electron chi connectivity index (χ0n) is 23.7. The van der Waals surface area contributed by atoms with Crippen LogP contribution in [-0.2, 0) is 32.0 Å². The van der Waals surface area contributed by atoms with Gasteiger partial charge in [-0.1, -0.05) is 76.6 Å². The van der Waals surface area contributed by atoms with Crippen LogP contribution in [0.5, 0.6) is 0 Å². The van der Waals surface area contributed by atoms with E-state index in [1.54, 1.807) is 19.2 Å². The van der Waals surface area contributed by atoms with Gasteiger partial charge in [-0.3, -0.25) is 0 Å². The van der Waals surface area contributed by atoms with Gasteiger partial charge in [0.15, 0.2) is 0 Å². The van der Waals surface area contributed by atoms with Gasteiger partial charge >= 0.3 is 26.8 Å². The van der Waals surface area contributed by atoms with E-state index in [9.17, 15) is 0 Å². The molecule has 36 heavy (non-hydrogen) atoms. The fourth-order valence-electron chi connectivity index (χ4n) is 4.35. The van der Waals surface area contributed by atoms with Gasteiger partial charge in [0.2, 0.25) is 0 Å². The van der Waals surface area contributed by atoms with Crippen LogP contribution in [0.1, 0.15) is 72.9 Å². The van der Waals surface area contributed by atoms with Crippen LogP contribution in [-0.4, -0.2) is 7.63 Å². The standard InChI is InChI=1S/2C15H19.2CH3.2ClH.Si.Ti/c2*1-4-5-6-13-9-14-11(2)7-8-12(3)15(14)10-13;;;;;;/h2*7-10H,4-6H2,1-3H3;2*1H3;2*1H;;/q4*-1;;;;. The molecule has 0 fully saturated rings. The summed E-state index contributed by atoms with van der Waals surface area (Å²) in [5.74, 6) is 0. The van der Waals surface area contributed by atoms with Crippen molar-refractivity contribution in [3.63, 3.8) is 0 Å². The van der Waals surface area contributed by atoms with Crippen molar-refractivity contribution < 1.29 is 19.2 Å².